The highest BCUT2D eigenvalue weighted by molar-refractivity contribution is 8.13. The lowest BCUT2D eigenvalue weighted by Gasteiger charge is -2.27. The second-order valence-electron chi connectivity index (χ2n) is 7.41. The van der Waals surface area contributed by atoms with Crippen molar-refractivity contribution in [3.8, 4) is 5.75 Å². The highest BCUT2D eigenvalue weighted by atomic mass is 32.2. The molecule has 1 unspecified atom stereocenters. The maximum Gasteiger partial charge on any atom is 0.207 e. The number of anilines is 1. The molecular weight excluding hydrogens is 404 g/mol. The van der Waals surface area contributed by atoms with E-state index in [4.69, 9.17) is 5.73 Å². The number of carbonyl (C=O) groups is 1. The summed E-state index contributed by atoms with van der Waals surface area (Å²) in [7, 11) is -2.53. The Labute approximate surface area is 177 Å². The van der Waals surface area contributed by atoms with Gasteiger partial charge in [0.25, 0.3) is 0 Å². The molecule has 2 aromatic rings. The van der Waals surface area contributed by atoms with Crippen molar-refractivity contribution in [2.24, 2.45) is 0 Å². The minimum atomic E-state index is -2.53. The minimum absolute atomic E-state index is 0.0716. The zero-order chi connectivity index (χ0) is 20.9. The van der Waals surface area contributed by atoms with Gasteiger partial charge in [-0.05, 0) is 54.8 Å². The van der Waals surface area contributed by atoms with E-state index in [1.54, 1.807) is 6.07 Å². The molecule has 1 fully saturated rings. The molecule has 29 heavy (non-hydrogen) atoms. The zero-order valence-corrected chi connectivity index (χ0v) is 18.1. The normalized spacial score (nSPS) is 19.1. The largest absolute Gasteiger partial charge is 0.508 e. The Kier molecular flexibility index (Phi) is 7.27. The summed E-state index contributed by atoms with van der Waals surface area (Å²) < 4.78 is 15.1. The average Bonchev–Trinajstić information content (AvgIpc) is 3.16. The van der Waals surface area contributed by atoms with Crippen molar-refractivity contribution in [1.29, 1.82) is 0 Å². The number of aryl methyl sites for hydroxylation is 1. The first-order valence-corrected chi connectivity index (χ1v) is 12.6. The van der Waals surface area contributed by atoms with Gasteiger partial charge in [-0.25, -0.2) is 4.31 Å². The fourth-order valence-electron chi connectivity index (χ4n) is 3.68. The summed E-state index contributed by atoms with van der Waals surface area (Å²) in [4.78, 5) is 12.8. The summed E-state index contributed by atoms with van der Waals surface area (Å²) in [6, 6.07) is 14.4. The van der Waals surface area contributed by atoms with Crippen LogP contribution in [-0.2, 0) is 26.7 Å². The molecule has 0 saturated carbocycles. The number of nitrogen functional groups attached to an aromatic ring is 1. The molecule has 1 saturated heterocycles. The molecule has 0 aromatic heterocycles. The molecular formula is C22H28N2O3S2. The maximum absolute atomic E-state index is 13.3. The van der Waals surface area contributed by atoms with Gasteiger partial charge in [0.1, 0.15) is 5.75 Å². The molecule has 2 aromatic carbocycles. The smallest absolute Gasteiger partial charge is 0.207 e. The topological polar surface area (TPSA) is 83.6 Å². The van der Waals surface area contributed by atoms with Gasteiger partial charge in [-0.1, -0.05) is 42.1 Å². The number of aromatic hydroxyl groups is 1. The van der Waals surface area contributed by atoms with E-state index in [-0.39, 0.29) is 16.9 Å². The summed E-state index contributed by atoms with van der Waals surface area (Å²) >= 11 is 1.30. The molecule has 7 heteroatoms. The number of nitrogens with zero attached hydrogens (tertiary/aromatic N) is 1. The van der Waals surface area contributed by atoms with Crippen molar-refractivity contribution in [1.82, 2.24) is 4.31 Å². The van der Waals surface area contributed by atoms with Gasteiger partial charge in [0.2, 0.25) is 5.12 Å². The summed E-state index contributed by atoms with van der Waals surface area (Å²) in [6.45, 7) is 0.648. The van der Waals surface area contributed by atoms with E-state index in [1.165, 1.54) is 17.8 Å². The number of hydrogen-bond acceptors (Lipinski definition) is 5. The molecule has 0 spiro atoms. The summed E-state index contributed by atoms with van der Waals surface area (Å²) in [5, 5.41) is 9.69. The van der Waals surface area contributed by atoms with E-state index >= 15 is 0 Å². The number of rotatable bonds is 8. The van der Waals surface area contributed by atoms with Crippen LogP contribution in [0.2, 0.25) is 0 Å². The number of hydrogen-bond donors (Lipinski definition) is 2. The molecule has 0 radical (unpaired) electrons. The number of carbonyl (C=O) groups excluding carboxylic acids is 1. The van der Waals surface area contributed by atoms with Crippen molar-refractivity contribution < 1.29 is 14.1 Å². The quantitative estimate of drug-likeness (QED) is 0.379. The maximum atomic E-state index is 13.3. The Bertz CT molecular complexity index is 926. The second kappa shape index (κ2) is 9.69. The highest BCUT2D eigenvalue weighted by Gasteiger charge is 2.35. The lowest BCUT2D eigenvalue weighted by molar-refractivity contribution is -0.113. The van der Waals surface area contributed by atoms with Crippen LogP contribution in [-0.4, -0.2) is 42.9 Å². The van der Waals surface area contributed by atoms with Gasteiger partial charge < -0.3 is 10.8 Å². The molecule has 0 bridgehead atoms. The molecule has 0 amide bonds. The first-order chi connectivity index (χ1) is 13.8. The number of phenolic OH excluding ortho intramolecular Hbond substituents is 1. The molecule has 0 aliphatic carbocycles. The first kappa shape index (κ1) is 21.7. The van der Waals surface area contributed by atoms with Crippen LogP contribution in [0, 0.1) is 0 Å². The first-order valence-electron chi connectivity index (χ1n) is 9.76. The Hall–Kier alpha value is -1.96. The van der Waals surface area contributed by atoms with Gasteiger partial charge >= 0.3 is 0 Å². The third-order valence-electron chi connectivity index (χ3n) is 4.99. The standard InChI is InChI=1S/C22H28N2O3S2/c1-29(27,16-17-7-3-2-4-8-17)24-11-5-10-21(24)22(26)28-12-6-9-18-13-19(23)15-20(25)14-18/h2-4,7-8,13-15,21,25H,1,5-6,9-12,16,23H2/t21-,29?/m0/s1. The third-order valence-corrected chi connectivity index (χ3v) is 8.12. The van der Waals surface area contributed by atoms with Crippen molar-refractivity contribution in [2.75, 3.05) is 18.0 Å². The predicted octanol–water partition coefficient (Wildman–Crippen LogP) is 3.46. The number of thioether (sulfide) groups is 1. The predicted molar refractivity (Wildman–Crippen MR) is 123 cm³/mol. The van der Waals surface area contributed by atoms with Crippen molar-refractivity contribution in [3.63, 3.8) is 0 Å². The second-order valence-corrected chi connectivity index (χ2v) is 10.8. The molecule has 5 nitrogen and oxygen atoms in total. The average molecular weight is 433 g/mol. The number of benzene rings is 2. The van der Waals surface area contributed by atoms with E-state index < -0.39 is 9.71 Å². The van der Waals surface area contributed by atoms with Gasteiger partial charge in [-0.2, -0.15) is 0 Å². The lowest BCUT2D eigenvalue weighted by atomic mass is 10.1. The van der Waals surface area contributed by atoms with Crippen LogP contribution < -0.4 is 5.73 Å². The van der Waals surface area contributed by atoms with Crippen molar-refractivity contribution >= 4 is 38.1 Å². The van der Waals surface area contributed by atoms with E-state index in [1.807, 2.05) is 40.7 Å². The molecule has 1 aliphatic heterocycles. The van der Waals surface area contributed by atoms with Crippen LogP contribution in [0.5, 0.6) is 5.75 Å². The molecule has 1 heterocycles. The van der Waals surface area contributed by atoms with E-state index in [2.05, 4.69) is 5.87 Å². The Balaban J connectivity index is 1.53. The van der Waals surface area contributed by atoms with Gasteiger partial charge in [0, 0.05) is 33.8 Å². The van der Waals surface area contributed by atoms with Gasteiger partial charge in [-0.3, -0.25) is 9.00 Å². The van der Waals surface area contributed by atoms with Crippen LogP contribution in [0.1, 0.15) is 30.4 Å². The van der Waals surface area contributed by atoms with Crippen LogP contribution >= 0.6 is 11.8 Å². The minimum Gasteiger partial charge on any atom is -0.508 e. The van der Waals surface area contributed by atoms with Gasteiger partial charge in [-0.15, -0.1) is 0 Å². The SMILES string of the molecule is C=S(=O)(Cc1ccccc1)N1CCC[C@H]1C(=O)SCCCc1cc(N)cc(O)c1. The van der Waals surface area contributed by atoms with Crippen LogP contribution in [0.3, 0.4) is 0 Å². The fraction of sp³-hybridized carbons (Fsp3) is 0.364. The van der Waals surface area contributed by atoms with E-state index in [9.17, 15) is 14.1 Å². The summed E-state index contributed by atoms with van der Waals surface area (Å²) in [5.41, 5.74) is 8.22. The molecule has 156 valence electrons. The Morgan fingerprint density at radius 3 is 2.72 bits per heavy atom. The highest BCUT2D eigenvalue weighted by Crippen LogP contribution is 2.28. The number of phenols is 1. The van der Waals surface area contributed by atoms with Crippen LogP contribution in [0.15, 0.2) is 48.5 Å². The van der Waals surface area contributed by atoms with Gasteiger partial charge in [0.05, 0.1) is 11.8 Å². The summed E-state index contributed by atoms with van der Waals surface area (Å²) in [5.74, 6) is 5.19. The van der Waals surface area contributed by atoms with E-state index in [0.29, 0.717) is 23.7 Å². The molecule has 3 rings (SSSR count). The van der Waals surface area contributed by atoms with Gasteiger partial charge in [0.15, 0.2) is 0 Å². The molecule has 2 atom stereocenters. The Morgan fingerprint density at radius 2 is 2.00 bits per heavy atom. The van der Waals surface area contributed by atoms with Crippen LogP contribution in [0.25, 0.3) is 0 Å². The zero-order valence-electron chi connectivity index (χ0n) is 16.5. The van der Waals surface area contributed by atoms with Crippen LogP contribution in [0.4, 0.5) is 5.69 Å². The summed E-state index contributed by atoms with van der Waals surface area (Å²) in [6.07, 6.45) is 3.14. The lowest BCUT2D eigenvalue weighted by Crippen LogP contribution is -2.40. The van der Waals surface area contributed by atoms with Crippen molar-refractivity contribution in [3.05, 3.63) is 59.7 Å². The molecule has 1 aliphatic rings. The van der Waals surface area contributed by atoms with E-state index in [0.717, 1.165) is 36.8 Å². The Morgan fingerprint density at radius 1 is 1.24 bits per heavy atom. The van der Waals surface area contributed by atoms with Crippen molar-refractivity contribution in [2.45, 2.75) is 37.5 Å². The third kappa shape index (κ3) is 6.01. The monoisotopic (exact) mass is 432 g/mol. The number of nitrogens with two attached hydrogens (primary N) is 1. The fourth-order valence-corrected chi connectivity index (χ4v) is 6.68. The molecule has 3 N–H and O–H groups in total.